The average molecular weight is 287 g/mol. The summed E-state index contributed by atoms with van der Waals surface area (Å²) >= 11 is 5.57. The number of thiol groups is 1. The van der Waals surface area contributed by atoms with Gasteiger partial charge in [-0.15, -0.1) is 11.3 Å². The summed E-state index contributed by atoms with van der Waals surface area (Å²) in [6, 6.07) is -0.728. The minimum atomic E-state index is -0.611. The van der Waals surface area contributed by atoms with Crippen LogP contribution in [0.15, 0.2) is 11.6 Å². The molecule has 0 saturated heterocycles. The Morgan fingerprint density at radius 2 is 2.22 bits per heavy atom. The van der Waals surface area contributed by atoms with Crippen LogP contribution in [0.4, 0.5) is 0 Å². The number of nitrogens with zero attached hydrogens (tertiary/aromatic N) is 1. The van der Waals surface area contributed by atoms with Gasteiger partial charge in [-0.2, -0.15) is 12.6 Å². The van der Waals surface area contributed by atoms with E-state index in [1.807, 2.05) is 12.3 Å². The minimum Gasteiger partial charge on any atom is -0.345 e. The lowest BCUT2D eigenvalue weighted by atomic mass is 10.2. The molecule has 0 saturated carbocycles. The maximum absolute atomic E-state index is 12.0. The lowest BCUT2D eigenvalue weighted by Crippen LogP contribution is -2.48. The number of hydrogen-bond acceptors (Lipinski definition) is 5. The molecule has 2 atom stereocenters. The van der Waals surface area contributed by atoms with Crippen LogP contribution in [0, 0.1) is 0 Å². The van der Waals surface area contributed by atoms with Gasteiger partial charge in [-0.25, -0.2) is 4.98 Å². The largest absolute Gasteiger partial charge is 0.345 e. The van der Waals surface area contributed by atoms with Crippen LogP contribution < -0.4 is 10.6 Å². The van der Waals surface area contributed by atoms with Crippen molar-refractivity contribution in [3.63, 3.8) is 0 Å². The fourth-order valence-electron chi connectivity index (χ4n) is 1.46. The number of carbonyl (C=O) groups excluding carboxylic acids is 2. The van der Waals surface area contributed by atoms with Crippen LogP contribution in [0.5, 0.6) is 0 Å². The first-order valence-electron chi connectivity index (χ1n) is 5.66. The van der Waals surface area contributed by atoms with Crippen molar-refractivity contribution in [2.75, 3.05) is 5.75 Å². The molecular formula is C11H17N3O2S2. The average Bonchev–Trinajstić information content (AvgIpc) is 2.85. The van der Waals surface area contributed by atoms with Gasteiger partial charge in [0, 0.05) is 24.3 Å². The molecule has 2 amide bonds. The predicted molar refractivity (Wildman–Crippen MR) is 74.7 cm³/mol. The van der Waals surface area contributed by atoms with Crippen LogP contribution >= 0.6 is 24.0 Å². The van der Waals surface area contributed by atoms with Gasteiger partial charge in [-0.1, -0.05) is 6.92 Å². The Kier molecular flexibility index (Phi) is 6.14. The molecule has 2 unspecified atom stereocenters. The van der Waals surface area contributed by atoms with E-state index in [0.717, 1.165) is 11.4 Å². The second-order valence-corrected chi connectivity index (χ2v) is 5.07. The molecule has 2 N–H and O–H groups in total. The van der Waals surface area contributed by atoms with E-state index in [0.29, 0.717) is 0 Å². The Bertz CT molecular complexity index is 395. The molecule has 0 aliphatic heterocycles. The van der Waals surface area contributed by atoms with E-state index >= 15 is 0 Å². The molecule has 100 valence electrons. The van der Waals surface area contributed by atoms with E-state index in [-0.39, 0.29) is 23.6 Å². The van der Waals surface area contributed by atoms with Crippen molar-refractivity contribution in [1.82, 2.24) is 15.6 Å². The standard InChI is InChI=1S/C11H17N3O2S2/c1-3-8(11-12-4-5-18-11)14-10(16)9(6-17)13-7(2)15/h4-5,8-9,17H,3,6H2,1-2H3,(H,13,15)(H,14,16). The van der Waals surface area contributed by atoms with Gasteiger partial charge in [0.15, 0.2) is 0 Å². The number of thiazole rings is 1. The topological polar surface area (TPSA) is 71.1 Å². The van der Waals surface area contributed by atoms with Gasteiger partial charge in [-0.05, 0) is 6.42 Å². The van der Waals surface area contributed by atoms with Crippen molar-refractivity contribution >= 4 is 35.8 Å². The molecule has 1 heterocycles. The Morgan fingerprint density at radius 3 is 2.67 bits per heavy atom. The van der Waals surface area contributed by atoms with Crippen molar-refractivity contribution in [3.8, 4) is 0 Å². The monoisotopic (exact) mass is 287 g/mol. The summed E-state index contributed by atoms with van der Waals surface area (Å²) in [5.41, 5.74) is 0. The summed E-state index contributed by atoms with van der Waals surface area (Å²) < 4.78 is 0. The van der Waals surface area contributed by atoms with Gasteiger partial charge < -0.3 is 10.6 Å². The maximum atomic E-state index is 12.0. The highest BCUT2D eigenvalue weighted by Gasteiger charge is 2.22. The number of nitrogens with one attached hydrogen (secondary N) is 2. The van der Waals surface area contributed by atoms with Crippen molar-refractivity contribution in [2.24, 2.45) is 0 Å². The summed E-state index contributed by atoms with van der Waals surface area (Å²) in [6.45, 7) is 3.35. The zero-order chi connectivity index (χ0) is 13.5. The highest BCUT2D eigenvalue weighted by Crippen LogP contribution is 2.18. The third-order valence-electron chi connectivity index (χ3n) is 2.35. The van der Waals surface area contributed by atoms with E-state index in [1.54, 1.807) is 6.20 Å². The quantitative estimate of drug-likeness (QED) is 0.687. The molecule has 0 fully saturated rings. The fourth-order valence-corrected chi connectivity index (χ4v) is 2.49. The zero-order valence-electron chi connectivity index (χ0n) is 10.3. The minimum absolute atomic E-state index is 0.117. The molecule has 1 rings (SSSR count). The van der Waals surface area contributed by atoms with Gasteiger partial charge in [0.2, 0.25) is 11.8 Å². The molecule has 1 aromatic heterocycles. The van der Waals surface area contributed by atoms with Crippen LogP contribution in [0.25, 0.3) is 0 Å². The van der Waals surface area contributed by atoms with Crippen LogP contribution in [-0.2, 0) is 9.59 Å². The van der Waals surface area contributed by atoms with E-state index in [1.165, 1.54) is 18.3 Å². The Labute approximate surface area is 116 Å². The molecule has 0 radical (unpaired) electrons. The summed E-state index contributed by atoms with van der Waals surface area (Å²) in [5, 5.41) is 8.17. The molecular weight excluding hydrogens is 270 g/mol. The molecule has 0 spiro atoms. The van der Waals surface area contributed by atoms with E-state index in [9.17, 15) is 9.59 Å². The highest BCUT2D eigenvalue weighted by atomic mass is 32.1. The summed E-state index contributed by atoms with van der Waals surface area (Å²) in [5.74, 6) is -0.214. The van der Waals surface area contributed by atoms with Gasteiger partial charge in [0.25, 0.3) is 0 Å². The third kappa shape index (κ3) is 4.30. The Morgan fingerprint density at radius 1 is 1.50 bits per heavy atom. The van der Waals surface area contributed by atoms with Crippen molar-refractivity contribution < 1.29 is 9.59 Å². The van der Waals surface area contributed by atoms with Gasteiger partial charge in [0.1, 0.15) is 11.0 Å². The van der Waals surface area contributed by atoms with Crippen molar-refractivity contribution in [3.05, 3.63) is 16.6 Å². The number of carbonyl (C=O) groups is 2. The highest BCUT2D eigenvalue weighted by molar-refractivity contribution is 7.80. The normalized spacial score (nSPS) is 13.7. The third-order valence-corrected chi connectivity index (χ3v) is 3.61. The maximum Gasteiger partial charge on any atom is 0.243 e. The van der Waals surface area contributed by atoms with Gasteiger partial charge >= 0.3 is 0 Å². The second kappa shape index (κ2) is 7.38. The van der Waals surface area contributed by atoms with E-state index < -0.39 is 6.04 Å². The predicted octanol–water partition coefficient (Wildman–Crippen LogP) is 1.14. The van der Waals surface area contributed by atoms with Crippen LogP contribution in [0.3, 0.4) is 0 Å². The molecule has 5 nitrogen and oxygen atoms in total. The molecule has 0 bridgehead atoms. The first-order valence-corrected chi connectivity index (χ1v) is 7.17. The van der Waals surface area contributed by atoms with Crippen molar-refractivity contribution in [2.45, 2.75) is 32.4 Å². The molecule has 1 aromatic rings. The first-order chi connectivity index (χ1) is 8.58. The summed E-state index contributed by atoms with van der Waals surface area (Å²) in [7, 11) is 0. The smallest absolute Gasteiger partial charge is 0.243 e. The zero-order valence-corrected chi connectivity index (χ0v) is 12.1. The number of rotatable bonds is 6. The molecule has 7 heteroatoms. The van der Waals surface area contributed by atoms with Gasteiger partial charge in [-0.3, -0.25) is 9.59 Å². The Hall–Kier alpha value is -1.08. The van der Waals surface area contributed by atoms with Gasteiger partial charge in [0.05, 0.1) is 6.04 Å². The SMILES string of the molecule is CCC(NC(=O)C(CS)NC(C)=O)c1nccs1. The Balaban J connectivity index is 2.63. The van der Waals surface area contributed by atoms with Crippen LogP contribution in [0.1, 0.15) is 31.3 Å². The lowest BCUT2D eigenvalue weighted by molar-refractivity contribution is -0.128. The van der Waals surface area contributed by atoms with E-state index in [2.05, 4.69) is 28.2 Å². The molecule has 18 heavy (non-hydrogen) atoms. The van der Waals surface area contributed by atoms with Crippen LogP contribution in [0.2, 0.25) is 0 Å². The first kappa shape index (κ1) is 15.0. The van der Waals surface area contributed by atoms with Crippen LogP contribution in [-0.4, -0.2) is 28.6 Å². The summed E-state index contributed by atoms with van der Waals surface area (Å²) in [4.78, 5) is 27.1. The van der Waals surface area contributed by atoms with E-state index in [4.69, 9.17) is 0 Å². The second-order valence-electron chi connectivity index (χ2n) is 3.78. The molecule has 0 aromatic carbocycles. The summed E-state index contributed by atoms with van der Waals surface area (Å²) in [6.07, 6.45) is 2.46. The molecule has 0 aliphatic carbocycles. The van der Waals surface area contributed by atoms with Crippen molar-refractivity contribution in [1.29, 1.82) is 0 Å². The number of aromatic nitrogens is 1. The number of hydrogen-bond donors (Lipinski definition) is 3. The fraction of sp³-hybridized carbons (Fsp3) is 0.545. The molecule has 0 aliphatic rings. The lowest BCUT2D eigenvalue weighted by Gasteiger charge is -2.19. The number of amides is 2.